The zero-order chi connectivity index (χ0) is 12.7. The van der Waals surface area contributed by atoms with Gasteiger partial charge in [-0.25, -0.2) is 4.79 Å². The van der Waals surface area contributed by atoms with Crippen LogP contribution >= 0.6 is 11.6 Å². The van der Waals surface area contributed by atoms with Gasteiger partial charge in [0, 0.05) is 6.20 Å². The van der Waals surface area contributed by atoms with Crippen molar-refractivity contribution in [3.63, 3.8) is 0 Å². The second-order valence-corrected chi connectivity index (χ2v) is 3.24. The molecule has 4 nitrogen and oxygen atoms in total. The highest BCUT2D eigenvalue weighted by atomic mass is 35.5. The Kier molecular flexibility index (Phi) is 6.49. The van der Waals surface area contributed by atoms with Crippen LogP contribution in [0.5, 0.6) is 0 Å². The lowest BCUT2D eigenvalue weighted by atomic mass is 10.4. The van der Waals surface area contributed by atoms with E-state index >= 15 is 0 Å². The zero-order valence-corrected chi connectivity index (χ0v) is 10.7. The van der Waals surface area contributed by atoms with Crippen molar-refractivity contribution >= 4 is 23.4 Å². The van der Waals surface area contributed by atoms with Crippen molar-refractivity contribution in [2.24, 2.45) is 0 Å². The molecule has 0 spiro atoms. The van der Waals surface area contributed by atoms with Crippen molar-refractivity contribution < 1.29 is 14.3 Å². The minimum Gasteiger partial charge on any atom is -0.464 e. The molecular formula is C11H16ClNO3. The maximum absolute atomic E-state index is 11.3. The molecule has 0 aromatic carbocycles. The van der Waals surface area contributed by atoms with Crippen molar-refractivity contribution in [2.45, 2.75) is 27.3 Å². The lowest BCUT2D eigenvalue weighted by molar-refractivity contribution is -0.117. The molecule has 1 heterocycles. The summed E-state index contributed by atoms with van der Waals surface area (Å²) in [6.45, 7) is 5.56. The van der Waals surface area contributed by atoms with Gasteiger partial charge in [-0.1, -0.05) is 25.4 Å². The molecule has 0 aliphatic carbocycles. The van der Waals surface area contributed by atoms with Crippen molar-refractivity contribution in [3.8, 4) is 0 Å². The first-order chi connectivity index (χ1) is 7.56. The van der Waals surface area contributed by atoms with Gasteiger partial charge in [-0.2, -0.15) is 0 Å². The third kappa shape index (κ3) is 3.70. The first-order valence-electron chi connectivity index (χ1n) is 4.98. The monoisotopic (exact) mass is 245 g/mol. The Hall–Kier alpha value is -1.29. The van der Waals surface area contributed by atoms with E-state index in [1.165, 1.54) is 18.6 Å². The molecule has 0 aliphatic rings. The van der Waals surface area contributed by atoms with Gasteiger partial charge in [0.25, 0.3) is 0 Å². The molecule has 0 radical (unpaired) electrons. The normalized spacial score (nSPS) is 9.06. The van der Waals surface area contributed by atoms with Gasteiger partial charge in [0.05, 0.1) is 18.7 Å². The predicted octanol–water partition coefficient (Wildman–Crippen LogP) is 2.54. The second kappa shape index (κ2) is 7.06. The average Bonchev–Trinajstić information content (AvgIpc) is 2.61. The van der Waals surface area contributed by atoms with Crippen molar-refractivity contribution in [3.05, 3.63) is 23.0 Å². The highest BCUT2D eigenvalue weighted by Crippen LogP contribution is 2.18. The van der Waals surface area contributed by atoms with Crippen LogP contribution in [0.15, 0.2) is 12.3 Å². The summed E-state index contributed by atoms with van der Waals surface area (Å²) in [5.74, 6) is -0.594. The summed E-state index contributed by atoms with van der Waals surface area (Å²) in [6, 6.07) is 1.55. The number of hydrogen-bond donors (Lipinski definition) is 0. The van der Waals surface area contributed by atoms with Crippen LogP contribution in [-0.4, -0.2) is 23.4 Å². The van der Waals surface area contributed by atoms with Gasteiger partial charge in [0.1, 0.15) is 11.5 Å². The number of esters is 1. The van der Waals surface area contributed by atoms with Crippen LogP contribution in [0.3, 0.4) is 0 Å². The number of nitrogens with zero attached hydrogens (tertiary/aromatic N) is 1. The topological polar surface area (TPSA) is 48.3 Å². The van der Waals surface area contributed by atoms with Gasteiger partial charge in [-0.15, -0.1) is 0 Å². The summed E-state index contributed by atoms with van der Waals surface area (Å²) in [5, 5.41) is 0.290. The zero-order valence-electron chi connectivity index (χ0n) is 9.91. The molecule has 1 aromatic rings. The summed E-state index contributed by atoms with van der Waals surface area (Å²) in [6.07, 6.45) is 1.58. The van der Waals surface area contributed by atoms with E-state index in [0.717, 1.165) is 0 Å². The number of methoxy groups -OCH3 is 1. The Balaban J connectivity index is 0.00000106. The molecule has 0 bridgehead atoms. The number of hydrogen-bond acceptors (Lipinski definition) is 3. The lowest BCUT2D eigenvalue weighted by Crippen LogP contribution is -2.14. The second-order valence-electron chi connectivity index (χ2n) is 2.83. The molecule has 1 aromatic heterocycles. The summed E-state index contributed by atoms with van der Waals surface area (Å²) < 4.78 is 6.01. The number of rotatable bonds is 3. The van der Waals surface area contributed by atoms with Crippen LogP contribution in [0.4, 0.5) is 0 Å². The fourth-order valence-electron chi connectivity index (χ4n) is 1.13. The highest BCUT2D eigenvalue weighted by Gasteiger charge is 2.16. The number of carbonyl (C=O) groups is 2. The molecular weight excluding hydrogens is 230 g/mol. The molecule has 0 N–H and O–H groups in total. The average molecular weight is 246 g/mol. The van der Waals surface area contributed by atoms with E-state index in [1.807, 2.05) is 13.8 Å². The Labute approximate surface area is 100 Å². The molecule has 0 fully saturated rings. The quantitative estimate of drug-likeness (QED) is 0.769. The number of carbonyl (C=O) groups excluding carboxylic acids is 2. The van der Waals surface area contributed by atoms with E-state index in [2.05, 4.69) is 4.74 Å². The number of ketones is 1. The van der Waals surface area contributed by atoms with Crippen LogP contribution in [0.1, 0.15) is 31.3 Å². The lowest BCUT2D eigenvalue weighted by Gasteiger charge is -2.05. The first-order valence-corrected chi connectivity index (χ1v) is 5.36. The van der Waals surface area contributed by atoms with E-state index in [1.54, 1.807) is 12.3 Å². The molecule has 0 saturated heterocycles. The molecule has 90 valence electrons. The van der Waals surface area contributed by atoms with Crippen molar-refractivity contribution in [1.82, 2.24) is 4.57 Å². The van der Waals surface area contributed by atoms with Gasteiger partial charge >= 0.3 is 5.97 Å². The molecule has 5 heteroatoms. The summed E-state index contributed by atoms with van der Waals surface area (Å²) in [4.78, 5) is 22.1. The van der Waals surface area contributed by atoms with Crippen LogP contribution < -0.4 is 0 Å². The third-order valence-electron chi connectivity index (χ3n) is 1.69. The van der Waals surface area contributed by atoms with Gasteiger partial charge in [-0.3, -0.25) is 4.79 Å². The minimum absolute atomic E-state index is 0.0533. The fourth-order valence-corrected chi connectivity index (χ4v) is 1.37. The molecule has 16 heavy (non-hydrogen) atoms. The maximum atomic E-state index is 11.3. The van der Waals surface area contributed by atoms with Crippen LogP contribution in [-0.2, 0) is 16.1 Å². The van der Waals surface area contributed by atoms with E-state index in [0.29, 0.717) is 0 Å². The van der Waals surface area contributed by atoms with Crippen LogP contribution in [0.2, 0.25) is 5.02 Å². The van der Waals surface area contributed by atoms with Crippen LogP contribution in [0.25, 0.3) is 0 Å². The number of halogens is 1. The molecule has 1 rings (SSSR count). The van der Waals surface area contributed by atoms with Gasteiger partial charge < -0.3 is 9.30 Å². The SMILES string of the molecule is CC.COC(=O)c1c(Cl)ccn1CC(C)=O. The fraction of sp³-hybridized carbons (Fsp3) is 0.455. The molecule has 0 atom stereocenters. The summed E-state index contributed by atoms with van der Waals surface area (Å²) >= 11 is 5.77. The van der Waals surface area contributed by atoms with Crippen molar-refractivity contribution in [1.29, 1.82) is 0 Å². The molecule has 0 amide bonds. The Morgan fingerprint density at radius 2 is 2.00 bits per heavy atom. The van der Waals surface area contributed by atoms with Crippen molar-refractivity contribution in [2.75, 3.05) is 7.11 Å². The van der Waals surface area contributed by atoms with Gasteiger partial charge in [-0.05, 0) is 13.0 Å². The number of ether oxygens (including phenoxy) is 1. The minimum atomic E-state index is -0.541. The predicted molar refractivity (Wildman–Crippen MR) is 62.8 cm³/mol. The molecule has 0 aliphatic heterocycles. The smallest absolute Gasteiger partial charge is 0.356 e. The van der Waals surface area contributed by atoms with E-state index in [-0.39, 0.29) is 23.0 Å². The molecule has 0 saturated carbocycles. The van der Waals surface area contributed by atoms with E-state index < -0.39 is 5.97 Å². The van der Waals surface area contributed by atoms with Gasteiger partial charge in [0.15, 0.2) is 0 Å². The first kappa shape index (κ1) is 14.7. The Morgan fingerprint density at radius 1 is 1.44 bits per heavy atom. The largest absolute Gasteiger partial charge is 0.464 e. The Bertz CT molecular complexity index is 371. The number of Topliss-reactive ketones (excluding diaryl/α,β-unsaturated/α-hetero) is 1. The van der Waals surface area contributed by atoms with E-state index in [4.69, 9.17) is 11.6 Å². The molecule has 0 unspecified atom stereocenters. The van der Waals surface area contributed by atoms with E-state index in [9.17, 15) is 9.59 Å². The summed E-state index contributed by atoms with van der Waals surface area (Å²) in [7, 11) is 1.27. The van der Waals surface area contributed by atoms with Crippen LogP contribution in [0, 0.1) is 0 Å². The summed E-state index contributed by atoms with van der Waals surface area (Å²) in [5.41, 5.74) is 0.212. The standard InChI is InChI=1S/C9H10ClNO3.C2H6/c1-6(12)5-11-4-3-7(10)8(11)9(13)14-2;1-2/h3-4H,5H2,1-2H3;1-2H3. The third-order valence-corrected chi connectivity index (χ3v) is 1.99. The number of aromatic nitrogens is 1. The van der Waals surface area contributed by atoms with Gasteiger partial charge in [0.2, 0.25) is 0 Å². The highest BCUT2D eigenvalue weighted by molar-refractivity contribution is 6.33. The Morgan fingerprint density at radius 3 is 2.44 bits per heavy atom. The maximum Gasteiger partial charge on any atom is 0.356 e.